The molecule has 1 N–H and O–H groups in total. The smallest absolute Gasteiger partial charge is 0.179 e. The van der Waals surface area contributed by atoms with E-state index in [1.54, 1.807) is 0 Å². The molecule has 17 heavy (non-hydrogen) atoms. The van der Waals surface area contributed by atoms with Crippen LogP contribution in [0.5, 0.6) is 0 Å². The predicted octanol–water partition coefficient (Wildman–Crippen LogP) is 3.12. The summed E-state index contributed by atoms with van der Waals surface area (Å²) in [5.74, 6) is 1.38. The molecule has 0 bridgehead atoms. The van der Waals surface area contributed by atoms with Crippen molar-refractivity contribution in [3.63, 3.8) is 0 Å². The summed E-state index contributed by atoms with van der Waals surface area (Å²) >= 11 is 1.85. The third kappa shape index (κ3) is 3.33. The normalized spacial score (nSPS) is 19.5. The zero-order valence-electron chi connectivity index (χ0n) is 10.2. The maximum atomic E-state index is 12.1. The number of hydrogen-bond acceptors (Lipinski definition) is 3. The summed E-state index contributed by atoms with van der Waals surface area (Å²) in [6, 6.07) is 8.08. The Morgan fingerprint density at radius 2 is 2.18 bits per heavy atom. The first-order valence-corrected chi connectivity index (χ1v) is 7.30. The van der Waals surface area contributed by atoms with E-state index in [1.165, 1.54) is 11.3 Å². The quantitative estimate of drug-likeness (QED) is 0.642. The van der Waals surface area contributed by atoms with E-state index in [2.05, 4.69) is 24.4 Å². The first kappa shape index (κ1) is 12.7. The van der Waals surface area contributed by atoms with E-state index >= 15 is 0 Å². The first-order chi connectivity index (χ1) is 8.31. The van der Waals surface area contributed by atoms with Crippen molar-refractivity contribution in [2.24, 2.45) is 0 Å². The van der Waals surface area contributed by atoms with Gasteiger partial charge in [-0.15, -0.1) is 11.8 Å². The number of rotatable bonds is 5. The topological polar surface area (TPSA) is 29.1 Å². The van der Waals surface area contributed by atoms with Crippen LogP contribution in [-0.2, 0) is 0 Å². The van der Waals surface area contributed by atoms with Crippen LogP contribution < -0.4 is 5.32 Å². The molecule has 0 aliphatic carbocycles. The number of carbonyl (C=O) groups is 1. The Hall–Kier alpha value is -0.800. The zero-order chi connectivity index (χ0) is 12.1. The molecule has 1 fully saturated rings. The lowest BCUT2D eigenvalue weighted by Gasteiger charge is -2.09. The summed E-state index contributed by atoms with van der Waals surface area (Å²) in [7, 11) is 0. The van der Waals surface area contributed by atoms with Crippen molar-refractivity contribution in [3.05, 3.63) is 29.8 Å². The van der Waals surface area contributed by atoms with Crippen LogP contribution in [0.25, 0.3) is 0 Å². The SMILES string of the molecule is CCCSc1ccc(C(=O)C2CCCN2)cc1. The van der Waals surface area contributed by atoms with Gasteiger partial charge in [0.15, 0.2) is 5.78 Å². The van der Waals surface area contributed by atoms with Gasteiger partial charge in [-0.05, 0) is 43.7 Å². The van der Waals surface area contributed by atoms with Gasteiger partial charge in [0.25, 0.3) is 0 Å². The van der Waals surface area contributed by atoms with Gasteiger partial charge in [-0.25, -0.2) is 0 Å². The van der Waals surface area contributed by atoms with Crippen LogP contribution in [0.4, 0.5) is 0 Å². The van der Waals surface area contributed by atoms with E-state index in [-0.39, 0.29) is 11.8 Å². The molecule has 1 unspecified atom stereocenters. The molecule has 2 rings (SSSR count). The number of carbonyl (C=O) groups excluding carboxylic acids is 1. The maximum Gasteiger partial charge on any atom is 0.179 e. The van der Waals surface area contributed by atoms with Crippen LogP contribution in [0.2, 0.25) is 0 Å². The average Bonchev–Trinajstić information content (AvgIpc) is 2.90. The molecular formula is C14H19NOS. The molecule has 0 radical (unpaired) electrons. The number of nitrogens with one attached hydrogen (secondary N) is 1. The lowest BCUT2D eigenvalue weighted by Crippen LogP contribution is -2.30. The number of thioether (sulfide) groups is 1. The molecule has 3 heteroatoms. The van der Waals surface area contributed by atoms with Crippen LogP contribution in [0.15, 0.2) is 29.2 Å². The highest BCUT2D eigenvalue weighted by Gasteiger charge is 2.22. The van der Waals surface area contributed by atoms with Crippen LogP contribution in [0.1, 0.15) is 36.5 Å². The highest BCUT2D eigenvalue weighted by molar-refractivity contribution is 7.99. The van der Waals surface area contributed by atoms with Gasteiger partial charge >= 0.3 is 0 Å². The molecule has 92 valence electrons. The van der Waals surface area contributed by atoms with Crippen molar-refractivity contribution in [1.82, 2.24) is 5.32 Å². The Morgan fingerprint density at radius 1 is 1.41 bits per heavy atom. The third-order valence-corrected chi connectivity index (χ3v) is 4.21. The molecule has 0 spiro atoms. The fourth-order valence-electron chi connectivity index (χ4n) is 2.04. The molecular weight excluding hydrogens is 230 g/mol. The summed E-state index contributed by atoms with van der Waals surface area (Å²) in [6.07, 6.45) is 3.27. The molecule has 1 atom stereocenters. The van der Waals surface area contributed by atoms with Crippen LogP contribution in [0.3, 0.4) is 0 Å². The molecule has 2 nitrogen and oxygen atoms in total. The summed E-state index contributed by atoms with van der Waals surface area (Å²) in [4.78, 5) is 13.4. The van der Waals surface area contributed by atoms with Gasteiger partial charge in [-0.2, -0.15) is 0 Å². The molecule has 1 saturated heterocycles. The predicted molar refractivity (Wildman–Crippen MR) is 72.8 cm³/mol. The lowest BCUT2D eigenvalue weighted by molar-refractivity contribution is 0.0952. The van der Waals surface area contributed by atoms with Gasteiger partial charge in [0.1, 0.15) is 0 Å². The summed E-state index contributed by atoms with van der Waals surface area (Å²) in [5, 5.41) is 3.25. The van der Waals surface area contributed by atoms with Gasteiger partial charge < -0.3 is 5.32 Å². The molecule has 1 aliphatic heterocycles. The fraction of sp³-hybridized carbons (Fsp3) is 0.500. The molecule has 1 aliphatic rings. The minimum Gasteiger partial charge on any atom is -0.307 e. The van der Waals surface area contributed by atoms with E-state index in [1.807, 2.05) is 23.9 Å². The molecule has 0 saturated carbocycles. The van der Waals surface area contributed by atoms with Gasteiger partial charge in [-0.1, -0.05) is 19.1 Å². The Labute approximate surface area is 107 Å². The molecule has 1 aromatic carbocycles. The maximum absolute atomic E-state index is 12.1. The van der Waals surface area contributed by atoms with Crippen LogP contribution >= 0.6 is 11.8 Å². The first-order valence-electron chi connectivity index (χ1n) is 6.31. The summed E-state index contributed by atoms with van der Waals surface area (Å²) in [5.41, 5.74) is 0.838. The van der Waals surface area contributed by atoms with E-state index in [4.69, 9.17) is 0 Å². The minimum absolute atomic E-state index is 0.0455. The largest absolute Gasteiger partial charge is 0.307 e. The zero-order valence-corrected chi connectivity index (χ0v) is 11.1. The second-order valence-electron chi connectivity index (χ2n) is 4.39. The van der Waals surface area contributed by atoms with Crippen molar-refractivity contribution >= 4 is 17.5 Å². The number of Topliss-reactive ketones (excluding diaryl/α,β-unsaturated/α-hetero) is 1. The lowest BCUT2D eigenvalue weighted by atomic mass is 10.0. The monoisotopic (exact) mass is 249 g/mol. The van der Waals surface area contributed by atoms with Gasteiger partial charge in [0, 0.05) is 10.5 Å². The third-order valence-electron chi connectivity index (χ3n) is 2.99. The summed E-state index contributed by atoms with van der Waals surface area (Å²) in [6.45, 7) is 3.15. The molecule has 0 amide bonds. The fourth-order valence-corrected chi connectivity index (χ4v) is 2.81. The van der Waals surface area contributed by atoms with Gasteiger partial charge in [0.2, 0.25) is 0 Å². The molecule has 0 aromatic heterocycles. The molecule has 1 aromatic rings. The highest BCUT2D eigenvalue weighted by atomic mass is 32.2. The second kappa shape index (κ2) is 6.22. The van der Waals surface area contributed by atoms with E-state index in [0.717, 1.165) is 30.7 Å². The van der Waals surface area contributed by atoms with Crippen molar-refractivity contribution in [1.29, 1.82) is 0 Å². The highest BCUT2D eigenvalue weighted by Crippen LogP contribution is 2.20. The van der Waals surface area contributed by atoms with Gasteiger partial charge in [-0.3, -0.25) is 4.79 Å². The van der Waals surface area contributed by atoms with Crippen molar-refractivity contribution in [2.45, 2.75) is 37.1 Å². The Morgan fingerprint density at radius 3 is 2.76 bits per heavy atom. The van der Waals surface area contributed by atoms with E-state index in [0.29, 0.717) is 0 Å². The number of hydrogen-bond donors (Lipinski definition) is 1. The number of benzene rings is 1. The Bertz CT molecular complexity index is 368. The molecule has 1 heterocycles. The van der Waals surface area contributed by atoms with E-state index < -0.39 is 0 Å². The Balaban J connectivity index is 1.99. The van der Waals surface area contributed by atoms with Crippen molar-refractivity contribution in [2.75, 3.05) is 12.3 Å². The average molecular weight is 249 g/mol. The second-order valence-corrected chi connectivity index (χ2v) is 5.55. The van der Waals surface area contributed by atoms with E-state index in [9.17, 15) is 4.79 Å². The van der Waals surface area contributed by atoms with Crippen LogP contribution in [0, 0.1) is 0 Å². The van der Waals surface area contributed by atoms with Crippen LogP contribution in [-0.4, -0.2) is 24.1 Å². The standard InChI is InChI=1S/C14H19NOS/c1-2-10-17-12-7-5-11(6-8-12)14(16)13-4-3-9-15-13/h5-8,13,15H,2-4,9-10H2,1H3. The van der Waals surface area contributed by atoms with Gasteiger partial charge in [0.05, 0.1) is 6.04 Å². The minimum atomic E-state index is 0.0455. The van der Waals surface area contributed by atoms with Crippen molar-refractivity contribution < 1.29 is 4.79 Å². The summed E-state index contributed by atoms with van der Waals surface area (Å²) < 4.78 is 0. The van der Waals surface area contributed by atoms with Crippen molar-refractivity contribution in [3.8, 4) is 0 Å². The number of ketones is 1. The Kier molecular flexibility index (Phi) is 4.63.